The van der Waals surface area contributed by atoms with Crippen molar-refractivity contribution >= 4 is 23.2 Å². The molecule has 3 aromatic rings. The summed E-state index contributed by atoms with van der Waals surface area (Å²) in [6.45, 7) is 0. The summed E-state index contributed by atoms with van der Waals surface area (Å²) in [7, 11) is 1.67. The number of thioether (sulfide) groups is 1. The average molecular weight is 345 g/mol. The molecule has 3 aromatic carbocycles. The van der Waals surface area contributed by atoms with Crippen molar-refractivity contribution in [3.63, 3.8) is 0 Å². The normalized spacial score (nSPS) is 11.6. The van der Waals surface area contributed by atoms with Gasteiger partial charge in [0, 0.05) is 10.5 Å². The van der Waals surface area contributed by atoms with Crippen LogP contribution in [0.3, 0.4) is 0 Å². The Kier molecular flexibility index (Phi) is 6.07. The molecule has 25 heavy (non-hydrogen) atoms. The second kappa shape index (κ2) is 8.90. The van der Waals surface area contributed by atoms with Gasteiger partial charge < -0.3 is 4.74 Å². The van der Waals surface area contributed by atoms with E-state index in [1.807, 2.05) is 72.8 Å². The second-order valence-corrected chi connectivity index (χ2v) is 6.27. The molecule has 3 rings (SSSR count). The number of hydrogen-bond donors (Lipinski definition) is 0. The summed E-state index contributed by atoms with van der Waals surface area (Å²) in [6.07, 6.45) is 2.05. The smallest absolute Gasteiger partial charge is 0.118 e. The molecule has 124 valence electrons. The summed E-state index contributed by atoms with van der Waals surface area (Å²) >= 11 is 1.66. The van der Waals surface area contributed by atoms with Gasteiger partial charge in [-0.05, 0) is 47.9 Å². The Bertz CT molecular complexity index is 840. The molecule has 0 aliphatic heterocycles. The van der Waals surface area contributed by atoms with Crippen molar-refractivity contribution in [2.75, 3.05) is 7.11 Å². The lowest BCUT2D eigenvalue weighted by molar-refractivity contribution is 0.414. The third-order valence-electron chi connectivity index (χ3n) is 3.56. The highest BCUT2D eigenvalue weighted by atomic mass is 32.2. The molecule has 0 saturated heterocycles. The van der Waals surface area contributed by atoms with E-state index >= 15 is 0 Å². The molecule has 0 bridgehead atoms. The van der Waals surface area contributed by atoms with Gasteiger partial charge in [0.25, 0.3) is 0 Å². The first-order chi connectivity index (χ1) is 12.3. The molecule has 0 N–H and O–H groups in total. The molecule has 0 saturated carbocycles. The summed E-state index contributed by atoms with van der Waals surface area (Å²) in [5, 5.41) is 2.07. The summed E-state index contributed by atoms with van der Waals surface area (Å²) in [4.78, 5) is 5.94. The molecule has 0 atom stereocenters. The maximum Gasteiger partial charge on any atom is 0.118 e. The van der Waals surface area contributed by atoms with Crippen molar-refractivity contribution in [2.45, 2.75) is 4.90 Å². The van der Waals surface area contributed by atoms with Crippen LogP contribution >= 0.6 is 11.8 Å². The fraction of sp³-hybridized carbons (Fsp3) is 0.0455. The highest BCUT2D eigenvalue weighted by Gasteiger charge is 2.00. The van der Waals surface area contributed by atoms with Crippen LogP contribution in [-0.2, 0) is 0 Å². The summed E-state index contributed by atoms with van der Waals surface area (Å²) < 4.78 is 5.19. The van der Waals surface area contributed by atoms with Gasteiger partial charge in [-0.25, -0.2) is 4.99 Å². The van der Waals surface area contributed by atoms with Crippen LogP contribution in [-0.4, -0.2) is 12.8 Å². The van der Waals surface area contributed by atoms with Crippen molar-refractivity contribution < 1.29 is 4.74 Å². The van der Waals surface area contributed by atoms with Crippen LogP contribution in [0.25, 0.3) is 0 Å². The number of aliphatic imine (C=N–C) groups is 1. The average Bonchev–Trinajstić information content (AvgIpc) is 2.69. The van der Waals surface area contributed by atoms with E-state index in [0.29, 0.717) is 0 Å². The zero-order chi connectivity index (χ0) is 17.3. The third kappa shape index (κ3) is 5.10. The minimum atomic E-state index is 0.865. The van der Waals surface area contributed by atoms with Gasteiger partial charge in [0.05, 0.1) is 18.5 Å². The number of hydrogen-bond acceptors (Lipinski definition) is 3. The summed E-state index contributed by atoms with van der Waals surface area (Å²) in [5.74, 6) is 0.865. The predicted octanol–water partition coefficient (Wildman–Crippen LogP) is 6.12. The van der Waals surface area contributed by atoms with Gasteiger partial charge >= 0.3 is 0 Å². The molecule has 3 heteroatoms. The summed E-state index contributed by atoms with van der Waals surface area (Å²) in [6, 6.07) is 28.2. The summed E-state index contributed by atoms with van der Waals surface area (Å²) in [5.41, 5.74) is 2.98. The van der Waals surface area contributed by atoms with Gasteiger partial charge in [-0.15, -0.1) is 0 Å². The monoisotopic (exact) mass is 345 g/mol. The van der Waals surface area contributed by atoms with Crippen LogP contribution in [0, 0.1) is 0 Å². The largest absolute Gasteiger partial charge is 0.497 e. The van der Waals surface area contributed by atoms with Gasteiger partial charge in [-0.2, -0.15) is 0 Å². The fourth-order valence-electron chi connectivity index (χ4n) is 2.28. The van der Waals surface area contributed by atoms with Crippen molar-refractivity contribution in [2.24, 2.45) is 4.99 Å². The topological polar surface area (TPSA) is 21.6 Å². The zero-order valence-corrected chi connectivity index (χ0v) is 14.8. The Morgan fingerprint density at radius 1 is 0.840 bits per heavy atom. The highest BCUT2D eigenvalue weighted by molar-refractivity contribution is 8.02. The second-order valence-electron chi connectivity index (χ2n) is 5.29. The van der Waals surface area contributed by atoms with Crippen LogP contribution in [0.1, 0.15) is 5.56 Å². The van der Waals surface area contributed by atoms with Crippen LogP contribution in [0.15, 0.2) is 106 Å². The molecular formula is C22H19NOS. The molecule has 2 nitrogen and oxygen atoms in total. The molecule has 0 aliphatic rings. The fourth-order valence-corrected chi connectivity index (χ4v) is 2.93. The lowest BCUT2D eigenvalue weighted by Gasteiger charge is -2.03. The Hall–Kier alpha value is -2.78. The quantitative estimate of drug-likeness (QED) is 0.396. The predicted molar refractivity (Wildman–Crippen MR) is 107 cm³/mol. The van der Waals surface area contributed by atoms with Crippen LogP contribution in [0.5, 0.6) is 5.75 Å². The van der Waals surface area contributed by atoms with Gasteiger partial charge in [0.1, 0.15) is 5.75 Å². The lowest BCUT2D eigenvalue weighted by atomic mass is 10.1. The van der Waals surface area contributed by atoms with Crippen LogP contribution < -0.4 is 4.74 Å². The molecular weight excluding hydrogens is 326 g/mol. The highest BCUT2D eigenvalue weighted by Crippen LogP contribution is 2.23. The van der Waals surface area contributed by atoms with Gasteiger partial charge in [0.15, 0.2) is 0 Å². The number of allylic oxidation sites excluding steroid dienone is 1. The SMILES string of the molecule is COc1ccc(SC=CC(=Nc2ccccc2)c2ccccc2)cc1. The maximum atomic E-state index is 5.19. The number of rotatable bonds is 6. The van der Waals surface area contributed by atoms with Crippen LogP contribution in [0.2, 0.25) is 0 Å². The molecule has 0 amide bonds. The Labute approximate surface area is 152 Å². The van der Waals surface area contributed by atoms with E-state index in [9.17, 15) is 0 Å². The van der Waals surface area contributed by atoms with Crippen molar-refractivity contribution in [3.8, 4) is 5.75 Å². The van der Waals surface area contributed by atoms with E-state index in [4.69, 9.17) is 9.73 Å². The van der Waals surface area contributed by atoms with E-state index in [1.165, 1.54) is 0 Å². The first-order valence-corrected chi connectivity index (χ1v) is 8.89. The third-order valence-corrected chi connectivity index (χ3v) is 4.38. The first-order valence-electron chi connectivity index (χ1n) is 8.01. The lowest BCUT2D eigenvalue weighted by Crippen LogP contribution is -1.95. The minimum absolute atomic E-state index is 0.865. The standard InChI is InChI=1S/C22H19NOS/c1-24-20-12-14-21(15-13-20)25-17-16-22(18-8-4-2-5-9-18)23-19-10-6-3-7-11-19/h2-17H,1H3. The molecule has 0 spiro atoms. The first kappa shape index (κ1) is 17.1. The van der Waals surface area contributed by atoms with Crippen molar-refractivity contribution in [1.82, 2.24) is 0 Å². The van der Waals surface area contributed by atoms with Gasteiger partial charge in [-0.3, -0.25) is 0 Å². The Morgan fingerprint density at radius 3 is 2.12 bits per heavy atom. The zero-order valence-electron chi connectivity index (χ0n) is 14.0. The van der Waals surface area contributed by atoms with Gasteiger partial charge in [0.2, 0.25) is 0 Å². The van der Waals surface area contributed by atoms with E-state index in [0.717, 1.165) is 27.6 Å². The molecule has 0 radical (unpaired) electrons. The number of para-hydroxylation sites is 1. The maximum absolute atomic E-state index is 5.19. The molecule has 0 fully saturated rings. The number of nitrogens with zero attached hydrogens (tertiary/aromatic N) is 1. The molecule has 0 unspecified atom stereocenters. The van der Waals surface area contributed by atoms with Crippen molar-refractivity contribution in [1.29, 1.82) is 0 Å². The number of ether oxygens (including phenoxy) is 1. The van der Waals surface area contributed by atoms with Gasteiger partial charge in [-0.1, -0.05) is 60.3 Å². The molecule has 0 aromatic heterocycles. The Morgan fingerprint density at radius 2 is 1.48 bits per heavy atom. The number of methoxy groups -OCH3 is 1. The Balaban J connectivity index is 1.81. The minimum Gasteiger partial charge on any atom is -0.497 e. The van der Waals surface area contributed by atoms with Crippen LogP contribution in [0.4, 0.5) is 5.69 Å². The van der Waals surface area contributed by atoms with E-state index in [-0.39, 0.29) is 0 Å². The van der Waals surface area contributed by atoms with Crippen molar-refractivity contribution in [3.05, 3.63) is 102 Å². The molecule has 0 heterocycles. The molecule has 0 aliphatic carbocycles. The van der Waals surface area contributed by atoms with E-state index in [2.05, 4.69) is 23.6 Å². The van der Waals surface area contributed by atoms with E-state index < -0.39 is 0 Å². The van der Waals surface area contributed by atoms with E-state index in [1.54, 1.807) is 18.9 Å². The number of benzene rings is 3.